The number of anilines is 2. The van der Waals surface area contributed by atoms with E-state index < -0.39 is 0 Å². The van der Waals surface area contributed by atoms with Gasteiger partial charge in [0.25, 0.3) is 0 Å². The summed E-state index contributed by atoms with van der Waals surface area (Å²) in [6, 6.07) is 8.32. The van der Waals surface area contributed by atoms with Crippen LogP contribution in [0.1, 0.15) is 47.7 Å². The van der Waals surface area contributed by atoms with E-state index in [4.69, 9.17) is 21.4 Å². The number of nitriles is 1. The first-order chi connectivity index (χ1) is 18.6. The molecule has 3 aromatic rings. The number of hydrogen-bond donors (Lipinski definition) is 1. The van der Waals surface area contributed by atoms with Crippen LogP contribution in [-0.4, -0.2) is 64.0 Å². The van der Waals surface area contributed by atoms with Gasteiger partial charge in [-0.15, -0.1) is 0 Å². The number of fused-ring (bicyclic) bond motifs is 2. The monoisotopic (exact) mass is 532 g/mol. The molecule has 2 aromatic heterocycles. The SMILES string of the molecule is CNC(=O)N1CCc2c(c(N3CCCc4cc(-c5ccnc(Cl)n5)c(C#N)cc43)nn2C2CCOCC2)C1. The highest BCUT2D eigenvalue weighted by molar-refractivity contribution is 6.28. The van der Waals surface area contributed by atoms with Crippen molar-refractivity contribution in [1.82, 2.24) is 30.0 Å². The summed E-state index contributed by atoms with van der Waals surface area (Å²) in [6.07, 6.45) is 6.03. The van der Waals surface area contributed by atoms with E-state index in [9.17, 15) is 10.1 Å². The van der Waals surface area contributed by atoms with E-state index in [1.54, 1.807) is 19.3 Å². The van der Waals surface area contributed by atoms with Crippen LogP contribution >= 0.6 is 11.6 Å². The van der Waals surface area contributed by atoms with Crippen molar-refractivity contribution >= 4 is 29.1 Å². The summed E-state index contributed by atoms with van der Waals surface area (Å²) in [4.78, 5) is 25.0. The number of nitrogens with zero attached hydrogens (tertiary/aromatic N) is 7. The van der Waals surface area contributed by atoms with E-state index in [2.05, 4.69) is 37.0 Å². The van der Waals surface area contributed by atoms with Crippen molar-refractivity contribution in [3.8, 4) is 17.3 Å². The van der Waals surface area contributed by atoms with Gasteiger partial charge in [-0.25, -0.2) is 14.8 Å². The van der Waals surface area contributed by atoms with Gasteiger partial charge in [-0.2, -0.15) is 10.4 Å². The lowest BCUT2D eigenvalue weighted by molar-refractivity contribution is 0.0651. The Labute approximate surface area is 226 Å². The first kappa shape index (κ1) is 24.6. The van der Waals surface area contributed by atoms with Gasteiger partial charge in [0, 0.05) is 68.5 Å². The molecule has 10 nitrogen and oxygen atoms in total. The second kappa shape index (κ2) is 10.2. The topological polar surface area (TPSA) is 112 Å². The van der Waals surface area contributed by atoms with E-state index in [0.29, 0.717) is 24.3 Å². The summed E-state index contributed by atoms with van der Waals surface area (Å²) in [5, 5.41) is 18.2. The molecule has 0 bridgehead atoms. The van der Waals surface area contributed by atoms with Crippen molar-refractivity contribution in [3.05, 3.63) is 52.1 Å². The maximum Gasteiger partial charge on any atom is 0.317 e. The van der Waals surface area contributed by atoms with Crippen LogP contribution in [0, 0.1) is 11.3 Å². The molecule has 3 aliphatic heterocycles. The van der Waals surface area contributed by atoms with Crippen molar-refractivity contribution in [2.45, 2.75) is 44.7 Å². The lowest BCUT2D eigenvalue weighted by Crippen LogP contribution is -2.42. The zero-order valence-corrected chi connectivity index (χ0v) is 22.0. The Kier molecular flexibility index (Phi) is 6.64. The molecular weight excluding hydrogens is 504 g/mol. The number of aryl methyl sites for hydroxylation is 1. The highest BCUT2D eigenvalue weighted by atomic mass is 35.5. The van der Waals surface area contributed by atoms with Crippen molar-refractivity contribution in [2.75, 3.05) is 38.3 Å². The maximum absolute atomic E-state index is 12.6. The molecule has 6 rings (SSSR count). The Hall–Kier alpha value is -3.68. The Balaban J connectivity index is 1.45. The predicted octanol–water partition coefficient (Wildman–Crippen LogP) is 4.00. The number of nitrogens with one attached hydrogen (secondary N) is 1. The van der Waals surface area contributed by atoms with Crippen LogP contribution in [0.5, 0.6) is 0 Å². The number of urea groups is 1. The van der Waals surface area contributed by atoms with E-state index in [0.717, 1.165) is 80.1 Å². The summed E-state index contributed by atoms with van der Waals surface area (Å²) in [5.74, 6) is 0.878. The van der Waals surface area contributed by atoms with Crippen molar-refractivity contribution in [3.63, 3.8) is 0 Å². The number of benzene rings is 1. The quantitative estimate of drug-likeness (QED) is 0.507. The van der Waals surface area contributed by atoms with Gasteiger partial charge < -0.3 is 19.9 Å². The lowest BCUT2D eigenvalue weighted by atomic mass is 9.94. The van der Waals surface area contributed by atoms with Gasteiger partial charge in [0.2, 0.25) is 5.28 Å². The van der Waals surface area contributed by atoms with Crippen molar-refractivity contribution in [1.29, 1.82) is 5.26 Å². The highest BCUT2D eigenvalue weighted by Crippen LogP contribution is 2.41. The Morgan fingerprint density at radius 3 is 2.84 bits per heavy atom. The standard InChI is InChI=1S/C27H29ClN8O2/c1-30-27(37)34-10-5-23-21(16-34)25(33-36(23)19-6-11-38-12-7-19)35-9-2-3-17-13-20(18(15-29)14-24(17)35)22-4-8-31-26(28)32-22/h4,8,13-14,19H,2-3,5-7,9-12,16H2,1H3,(H,30,37). The van der Waals surface area contributed by atoms with Crippen LogP contribution in [0.25, 0.3) is 11.3 Å². The molecule has 0 atom stereocenters. The minimum Gasteiger partial charge on any atom is -0.381 e. The third-order valence-corrected chi connectivity index (χ3v) is 7.90. The number of carbonyl (C=O) groups excluding carboxylic acids is 1. The van der Waals surface area contributed by atoms with Crippen LogP contribution in [-0.2, 0) is 24.1 Å². The third-order valence-electron chi connectivity index (χ3n) is 7.72. The van der Waals surface area contributed by atoms with Crippen LogP contribution < -0.4 is 10.2 Å². The molecule has 1 N–H and O–H groups in total. The van der Waals surface area contributed by atoms with Crippen LogP contribution in [0.15, 0.2) is 24.4 Å². The minimum absolute atomic E-state index is 0.0839. The average molecular weight is 533 g/mol. The molecule has 5 heterocycles. The van der Waals surface area contributed by atoms with Gasteiger partial charge in [0.1, 0.15) is 0 Å². The van der Waals surface area contributed by atoms with Crippen molar-refractivity contribution in [2.24, 2.45) is 0 Å². The lowest BCUT2D eigenvalue weighted by Gasteiger charge is -2.33. The third kappa shape index (κ3) is 4.36. The van der Waals surface area contributed by atoms with Crippen molar-refractivity contribution < 1.29 is 9.53 Å². The molecule has 0 radical (unpaired) electrons. The fourth-order valence-corrected chi connectivity index (χ4v) is 6.00. The number of hydrogen-bond acceptors (Lipinski definition) is 7. The Bertz CT molecular complexity index is 1430. The summed E-state index contributed by atoms with van der Waals surface area (Å²) in [7, 11) is 1.66. The maximum atomic E-state index is 12.6. The highest BCUT2D eigenvalue weighted by Gasteiger charge is 2.34. The second-order valence-corrected chi connectivity index (χ2v) is 10.2. The molecule has 0 spiro atoms. The molecule has 196 valence electrons. The zero-order chi connectivity index (χ0) is 26.2. The molecule has 11 heteroatoms. The molecule has 1 aromatic carbocycles. The summed E-state index contributed by atoms with van der Waals surface area (Å²) < 4.78 is 7.82. The van der Waals surface area contributed by atoms with Gasteiger partial charge >= 0.3 is 6.03 Å². The molecule has 1 fully saturated rings. The van der Waals surface area contributed by atoms with E-state index in [-0.39, 0.29) is 17.4 Å². The van der Waals surface area contributed by atoms with Crippen LogP contribution in [0.4, 0.5) is 16.3 Å². The summed E-state index contributed by atoms with van der Waals surface area (Å²) in [5.41, 5.74) is 6.30. The van der Waals surface area contributed by atoms with Gasteiger partial charge in [-0.05, 0) is 61.0 Å². The molecule has 0 aliphatic carbocycles. The van der Waals surface area contributed by atoms with Gasteiger partial charge in [0.05, 0.1) is 29.9 Å². The average Bonchev–Trinajstić information content (AvgIpc) is 3.35. The number of carbonyl (C=O) groups is 1. The van der Waals surface area contributed by atoms with Gasteiger partial charge in [-0.1, -0.05) is 0 Å². The smallest absolute Gasteiger partial charge is 0.317 e. The van der Waals surface area contributed by atoms with Crippen LogP contribution in [0.2, 0.25) is 5.28 Å². The Morgan fingerprint density at radius 2 is 2.08 bits per heavy atom. The number of halogens is 1. The second-order valence-electron chi connectivity index (χ2n) is 9.87. The van der Waals surface area contributed by atoms with Gasteiger partial charge in [0.15, 0.2) is 5.82 Å². The molecule has 2 amide bonds. The molecule has 0 saturated carbocycles. The Morgan fingerprint density at radius 1 is 1.24 bits per heavy atom. The van der Waals surface area contributed by atoms with E-state index in [1.165, 1.54) is 5.69 Å². The first-order valence-corrected chi connectivity index (χ1v) is 13.4. The molecule has 1 saturated heterocycles. The normalized spacial score (nSPS) is 17.5. The zero-order valence-electron chi connectivity index (χ0n) is 21.3. The fourth-order valence-electron chi connectivity index (χ4n) is 5.85. The number of aromatic nitrogens is 4. The van der Waals surface area contributed by atoms with E-state index >= 15 is 0 Å². The number of ether oxygens (including phenoxy) is 1. The fraction of sp³-hybridized carbons (Fsp3) is 0.444. The van der Waals surface area contributed by atoms with E-state index in [1.807, 2.05) is 11.0 Å². The molecule has 0 unspecified atom stereocenters. The van der Waals surface area contributed by atoms with Crippen LogP contribution in [0.3, 0.4) is 0 Å². The summed E-state index contributed by atoms with van der Waals surface area (Å²) >= 11 is 6.05. The largest absolute Gasteiger partial charge is 0.381 e. The first-order valence-electron chi connectivity index (χ1n) is 13.1. The molecule has 38 heavy (non-hydrogen) atoms. The summed E-state index contributed by atoms with van der Waals surface area (Å²) in [6.45, 7) is 3.40. The molecular formula is C27H29ClN8O2. The predicted molar refractivity (Wildman–Crippen MR) is 142 cm³/mol. The van der Waals surface area contributed by atoms with Gasteiger partial charge in [-0.3, -0.25) is 4.68 Å². The minimum atomic E-state index is -0.0839. The molecule has 3 aliphatic rings. The number of rotatable bonds is 3. The number of amides is 2.